The van der Waals surface area contributed by atoms with Gasteiger partial charge in [-0.25, -0.2) is 0 Å². The molecule has 3 nitrogen and oxygen atoms in total. The van der Waals surface area contributed by atoms with Crippen molar-refractivity contribution in [2.24, 2.45) is 11.8 Å². The van der Waals surface area contributed by atoms with Gasteiger partial charge in [0.25, 0.3) is 0 Å². The Kier molecular flexibility index (Phi) is 4.82. The number of methoxy groups -OCH3 is 1. The molecule has 1 saturated carbocycles. The van der Waals surface area contributed by atoms with Gasteiger partial charge in [0, 0.05) is 19.8 Å². The second-order valence-electron chi connectivity index (χ2n) is 4.76. The number of fused-ring (bicyclic) bond motifs is 1. The Morgan fingerprint density at radius 2 is 2.25 bits per heavy atom. The van der Waals surface area contributed by atoms with Crippen LogP contribution in [-0.2, 0) is 9.47 Å². The molecule has 0 saturated heterocycles. The lowest BCUT2D eigenvalue weighted by Gasteiger charge is -2.40. The highest BCUT2D eigenvalue weighted by atomic mass is 16.5. The minimum Gasteiger partial charge on any atom is -0.382 e. The SMILES string of the molecule is COCCOCCCNC1CC2CC=CC21. The van der Waals surface area contributed by atoms with Crippen LogP contribution in [-0.4, -0.2) is 39.5 Å². The average molecular weight is 225 g/mol. The van der Waals surface area contributed by atoms with Gasteiger partial charge in [-0.3, -0.25) is 0 Å². The van der Waals surface area contributed by atoms with Gasteiger partial charge >= 0.3 is 0 Å². The summed E-state index contributed by atoms with van der Waals surface area (Å²) in [6.45, 7) is 3.33. The Hall–Kier alpha value is -0.380. The van der Waals surface area contributed by atoms with Crippen LogP contribution in [0.4, 0.5) is 0 Å². The fourth-order valence-electron chi connectivity index (χ4n) is 2.65. The molecule has 0 aromatic carbocycles. The molecule has 0 heterocycles. The molecule has 92 valence electrons. The van der Waals surface area contributed by atoms with Gasteiger partial charge in [-0.05, 0) is 37.6 Å². The molecule has 0 amide bonds. The summed E-state index contributed by atoms with van der Waals surface area (Å²) in [5, 5.41) is 3.62. The third-order valence-corrected chi connectivity index (χ3v) is 3.67. The lowest BCUT2D eigenvalue weighted by molar-refractivity contribution is 0.0677. The third-order valence-electron chi connectivity index (χ3n) is 3.67. The summed E-state index contributed by atoms with van der Waals surface area (Å²) in [5.74, 6) is 1.78. The average Bonchev–Trinajstić information content (AvgIpc) is 2.64. The third kappa shape index (κ3) is 3.06. The van der Waals surface area contributed by atoms with E-state index in [0.29, 0.717) is 13.2 Å². The molecule has 0 bridgehead atoms. The Morgan fingerprint density at radius 3 is 3.06 bits per heavy atom. The summed E-state index contributed by atoms with van der Waals surface area (Å²) in [7, 11) is 1.70. The van der Waals surface area contributed by atoms with Gasteiger partial charge in [-0.15, -0.1) is 0 Å². The fraction of sp³-hybridized carbons (Fsp3) is 0.846. The number of allylic oxidation sites excluding steroid dienone is 1. The number of rotatable bonds is 8. The Labute approximate surface area is 98.2 Å². The Bertz CT molecular complexity index is 230. The van der Waals surface area contributed by atoms with Gasteiger partial charge in [0.05, 0.1) is 13.2 Å². The van der Waals surface area contributed by atoms with Crippen LogP contribution in [0.1, 0.15) is 19.3 Å². The minimum absolute atomic E-state index is 0.699. The first kappa shape index (κ1) is 12.1. The van der Waals surface area contributed by atoms with Crippen LogP contribution in [0, 0.1) is 11.8 Å². The molecule has 3 heteroatoms. The van der Waals surface area contributed by atoms with Crippen molar-refractivity contribution >= 4 is 0 Å². The molecule has 0 spiro atoms. The van der Waals surface area contributed by atoms with E-state index in [9.17, 15) is 0 Å². The highest BCUT2D eigenvalue weighted by molar-refractivity contribution is 5.12. The van der Waals surface area contributed by atoms with E-state index in [-0.39, 0.29) is 0 Å². The fourth-order valence-corrected chi connectivity index (χ4v) is 2.65. The molecule has 1 fully saturated rings. The number of hydrogen-bond acceptors (Lipinski definition) is 3. The zero-order valence-electron chi connectivity index (χ0n) is 10.2. The first-order chi connectivity index (χ1) is 7.92. The van der Waals surface area contributed by atoms with Crippen LogP contribution in [0.5, 0.6) is 0 Å². The van der Waals surface area contributed by atoms with E-state index in [1.807, 2.05) is 0 Å². The molecule has 2 aliphatic rings. The molecule has 16 heavy (non-hydrogen) atoms. The molecule has 2 aliphatic carbocycles. The molecular formula is C13H23NO2. The molecule has 0 aromatic heterocycles. The van der Waals surface area contributed by atoms with Crippen molar-refractivity contribution in [1.82, 2.24) is 5.32 Å². The van der Waals surface area contributed by atoms with Crippen LogP contribution in [0.25, 0.3) is 0 Å². The van der Waals surface area contributed by atoms with Crippen LogP contribution in [0.2, 0.25) is 0 Å². The molecule has 3 unspecified atom stereocenters. The minimum atomic E-state index is 0.699. The monoisotopic (exact) mass is 225 g/mol. The first-order valence-electron chi connectivity index (χ1n) is 6.38. The van der Waals surface area contributed by atoms with Crippen LogP contribution < -0.4 is 5.32 Å². The molecule has 3 atom stereocenters. The maximum Gasteiger partial charge on any atom is 0.0700 e. The van der Waals surface area contributed by atoms with Crippen LogP contribution in [0.15, 0.2) is 12.2 Å². The Morgan fingerprint density at radius 1 is 1.31 bits per heavy atom. The molecule has 0 aliphatic heterocycles. The van der Waals surface area contributed by atoms with Crippen LogP contribution >= 0.6 is 0 Å². The summed E-state index contributed by atoms with van der Waals surface area (Å²) >= 11 is 0. The summed E-state index contributed by atoms with van der Waals surface area (Å²) in [6, 6.07) is 0.739. The van der Waals surface area contributed by atoms with Crippen molar-refractivity contribution < 1.29 is 9.47 Å². The largest absolute Gasteiger partial charge is 0.382 e. The van der Waals surface area contributed by atoms with Crippen molar-refractivity contribution in [3.05, 3.63) is 12.2 Å². The summed E-state index contributed by atoms with van der Waals surface area (Å²) in [5.41, 5.74) is 0. The second kappa shape index (κ2) is 6.38. The van der Waals surface area contributed by atoms with Gasteiger partial charge in [0.2, 0.25) is 0 Å². The zero-order valence-corrected chi connectivity index (χ0v) is 10.2. The van der Waals surface area contributed by atoms with Crippen molar-refractivity contribution in [2.75, 3.05) is 33.5 Å². The molecule has 1 N–H and O–H groups in total. The topological polar surface area (TPSA) is 30.5 Å². The molecule has 0 aromatic rings. The van der Waals surface area contributed by atoms with E-state index in [4.69, 9.17) is 9.47 Å². The van der Waals surface area contributed by atoms with Gasteiger partial charge < -0.3 is 14.8 Å². The first-order valence-corrected chi connectivity index (χ1v) is 6.38. The predicted molar refractivity (Wildman–Crippen MR) is 64.5 cm³/mol. The zero-order chi connectivity index (χ0) is 11.2. The lowest BCUT2D eigenvalue weighted by Crippen LogP contribution is -2.48. The Balaban J connectivity index is 1.42. The highest BCUT2D eigenvalue weighted by Gasteiger charge is 2.40. The van der Waals surface area contributed by atoms with E-state index in [0.717, 1.165) is 37.5 Å². The van der Waals surface area contributed by atoms with Crippen molar-refractivity contribution in [3.8, 4) is 0 Å². The quantitative estimate of drug-likeness (QED) is 0.503. The second-order valence-corrected chi connectivity index (χ2v) is 4.76. The van der Waals surface area contributed by atoms with Gasteiger partial charge in [-0.2, -0.15) is 0 Å². The van der Waals surface area contributed by atoms with E-state index >= 15 is 0 Å². The maximum atomic E-state index is 5.42. The summed E-state index contributed by atoms with van der Waals surface area (Å²) < 4.78 is 10.3. The normalized spacial score (nSPS) is 31.4. The number of ether oxygens (including phenoxy) is 2. The van der Waals surface area contributed by atoms with Gasteiger partial charge in [0.1, 0.15) is 0 Å². The smallest absolute Gasteiger partial charge is 0.0700 e. The van der Waals surface area contributed by atoms with Crippen molar-refractivity contribution in [2.45, 2.75) is 25.3 Å². The number of hydrogen-bond donors (Lipinski definition) is 1. The maximum absolute atomic E-state index is 5.42. The van der Waals surface area contributed by atoms with Gasteiger partial charge in [-0.1, -0.05) is 12.2 Å². The molecular weight excluding hydrogens is 202 g/mol. The number of nitrogens with one attached hydrogen (secondary N) is 1. The van der Waals surface area contributed by atoms with Gasteiger partial charge in [0.15, 0.2) is 0 Å². The van der Waals surface area contributed by atoms with Crippen LogP contribution in [0.3, 0.4) is 0 Å². The molecule has 0 radical (unpaired) electrons. The van der Waals surface area contributed by atoms with E-state index in [1.165, 1.54) is 12.8 Å². The van der Waals surface area contributed by atoms with Crippen molar-refractivity contribution in [3.63, 3.8) is 0 Å². The van der Waals surface area contributed by atoms with E-state index in [2.05, 4.69) is 17.5 Å². The standard InChI is InChI=1S/C13H23NO2/c1-15-8-9-16-7-3-6-14-13-10-11-4-2-5-12(11)13/h2,5,11-14H,3-4,6-10H2,1H3. The molecule has 2 rings (SSSR count). The van der Waals surface area contributed by atoms with E-state index in [1.54, 1.807) is 7.11 Å². The highest BCUT2D eigenvalue weighted by Crippen LogP contribution is 2.42. The lowest BCUT2D eigenvalue weighted by atomic mass is 9.71. The van der Waals surface area contributed by atoms with E-state index < -0.39 is 0 Å². The predicted octanol–water partition coefficient (Wildman–Crippen LogP) is 1.59. The summed E-state index contributed by atoms with van der Waals surface area (Å²) in [4.78, 5) is 0. The van der Waals surface area contributed by atoms with Crippen molar-refractivity contribution in [1.29, 1.82) is 0 Å². The summed E-state index contributed by atoms with van der Waals surface area (Å²) in [6.07, 6.45) is 8.50.